The summed E-state index contributed by atoms with van der Waals surface area (Å²) in [5.41, 5.74) is 0.437. The number of nitrogens with one attached hydrogen (secondary N) is 2. The van der Waals surface area contributed by atoms with Gasteiger partial charge in [-0.05, 0) is 31.2 Å². The van der Waals surface area contributed by atoms with E-state index in [2.05, 4.69) is 25.3 Å². The second-order valence-corrected chi connectivity index (χ2v) is 6.48. The summed E-state index contributed by atoms with van der Waals surface area (Å²) < 4.78 is 47.1. The van der Waals surface area contributed by atoms with Crippen molar-refractivity contribution in [1.82, 2.24) is 9.97 Å². The summed E-state index contributed by atoms with van der Waals surface area (Å²) >= 11 is 1.20. The van der Waals surface area contributed by atoms with Crippen molar-refractivity contribution in [3.8, 4) is 11.6 Å². The minimum absolute atomic E-state index is 0.0118. The van der Waals surface area contributed by atoms with Crippen molar-refractivity contribution >= 4 is 33.9 Å². The van der Waals surface area contributed by atoms with Gasteiger partial charge < -0.3 is 14.8 Å². The molecule has 0 aliphatic heterocycles. The van der Waals surface area contributed by atoms with Crippen LogP contribution in [0.5, 0.6) is 11.6 Å². The highest BCUT2D eigenvalue weighted by atomic mass is 32.1. The molecule has 0 aliphatic carbocycles. The maximum absolute atomic E-state index is 12.9. The first kappa shape index (κ1) is 19.4. The summed E-state index contributed by atoms with van der Waals surface area (Å²) in [6.07, 6.45) is 0.0755. The van der Waals surface area contributed by atoms with Crippen molar-refractivity contribution in [2.24, 2.45) is 0 Å². The molecule has 0 radical (unpaired) electrons. The molecule has 0 spiro atoms. The number of amides is 1. The smallest absolute Gasteiger partial charge is 0.419 e. The lowest BCUT2D eigenvalue weighted by Crippen LogP contribution is -2.18. The fourth-order valence-electron chi connectivity index (χ4n) is 2.10. The van der Waals surface area contributed by atoms with E-state index in [4.69, 9.17) is 4.74 Å². The average Bonchev–Trinajstić information content (AvgIpc) is 2.95. The van der Waals surface area contributed by atoms with Gasteiger partial charge in [-0.15, -0.1) is 0 Å². The van der Waals surface area contributed by atoms with E-state index in [1.165, 1.54) is 35.6 Å². The van der Waals surface area contributed by atoms with Gasteiger partial charge in [0.2, 0.25) is 0 Å². The molecule has 3 aromatic rings. The highest BCUT2D eigenvalue weighted by Crippen LogP contribution is 2.34. The van der Waals surface area contributed by atoms with Crippen LogP contribution in [-0.2, 0) is 0 Å². The number of anilines is 3. The largest absolute Gasteiger partial charge is 0.435 e. The van der Waals surface area contributed by atoms with Gasteiger partial charge in [-0.1, -0.05) is 17.4 Å². The third-order valence-electron chi connectivity index (χ3n) is 3.17. The van der Waals surface area contributed by atoms with Gasteiger partial charge in [-0.25, -0.2) is 19.2 Å². The van der Waals surface area contributed by atoms with E-state index in [0.717, 1.165) is 12.3 Å². The number of aryl methyl sites for hydroxylation is 1. The SMILES string of the molecule is Cc1nc(OC(=O)Nc2ccc(F)cn2)c(Nc2cccc(OC(F)F)c2)s1. The molecule has 1 aromatic carbocycles. The first-order valence-corrected chi connectivity index (χ1v) is 8.60. The van der Waals surface area contributed by atoms with Crippen molar-refractivity contribution in [3.63, 3.8) is 0 Å². The lowest BCUT2D eigenvalue weighted by Gasteiger charge is -2.09. The number of alkyl halides is 2. The van der Waals surface area contributed by atoms with Gasteiger partial charge in [0.1, 0.15) is 17.4 Å². The Bertz CT molecular complexity index is 967. The number of hydrogen-bond acceptors (Lipinski definition) is 7. The zero-order valence-electron chi connectivity index (χ0n) is 14.3. The molecule has 0 fully saturated rings. The summed E-state index contributed by atoms with van der Waals surface area (Å²) in [6.45, 7) is -1.23. The Morgan fingerprint density at radius 2 is 2.07 bits per heavy atom. The summed E-state index contributed by atoms with van der Waals surface area (Å²) in [4.78, 5) is 19.8. The lowest BCUT2D eigenvalue weighted by molar-refractivity contribution is -0.0498. The Morgan fingerprint density at radius 1 is 1.25 bits per heavy atom. The number of carbonyl (C=O) groups is 1. The van der Waals surface area contributed by atoms with Crippen LogP contribution < -0.4 is 20.1 Å². The second-order valence-electron chi connectivity index (χ2n) is 5.27. The predicted molar refractivity (Wildman–Crippen MR) is 97.0 cm³/mol. The molecule has 0 atom stereocenters. The van der Waals surface area contributed by atoms with Crippen molar-refractivity contribution in [1.29, 1.82) is 0 Å². The van der Waals surface area contributed by atoms with Gasteiger partial charge in [0.25, 0.3) is 5.88 Å². The van der Waals surface area contributed by atoms with Gasteiger partial charge in [0.05, 0.1) is 11.2 Å². The summed E-state index contributed by atoms with van der Waals surface area (Å²) in [7, 11) is 0. The van der Waals surface area contributed by atoms with E-state index in [1.807, 2.05) is 0 Å². The average molecular weight is 410 g/mol. The number of carbonyl (C=O) groups excluding carboxylic acids is 1. The number of rotatable bonds is 6. The Balaban J connectivity index is 1.70. The van der Waals surface area contributed by atoms with Gasteiger partial charge >= 0.3 is 12.7 Å². The quantitative estimate of drug-likeness (QED) is 0.599. The molecule has 2 aromatic heterocycles. The second kappa shape index (κ2) is 8.57. The molecule has 2 heterocycles. The fraction of sp³-hybridized carbons (Fsp3) is 0.118. The number of pyridine rings is 1. The van der Waals surface area contributed by atoms with Gasteiger partial charge in [0.15, 0.2) is 5.00 Å². The van der Waals surface area contributed by atoms with Crippen LogP contribution in [0.15, 0.2) is 42.6 Å². The number of hydrogen-bond donors (Lipinski definition) is 2. The Hall–Kier alpha value is -3.34. The first-order chi connectivity index (χ1) is 13.4. The number of aromatic nitrogens is 2. The van der Waals surface area contributed by atoms with Crippen molar-refractivity contribution in [2.75, 3.05) is 10.6 Å². The number of halogens is 3. The van der Waals surface area contributed by atoms with Gasteiger partial charge in [-0.2, -0.15) is 8.78 Å². The molecule has 146 valence electrons. The standard InChI is InChI=1S/C17H13F3N4O3S/c1-9-22-14(27-17(25)24-13-6-5-10(18)8-21-13)15(28-9)23-11-3-2-4-12(7-11)26-16(19)20/h2-8,16,23H,1H3,(H,21,24,25). The van der Waals surface area contributed by atoms with E-state index >= 15 is 0 Å². The van der Waals surface area contributed by atoms with E-state index in [-0.39, 0.29) is 17.4 Å². The Kier molecular flexibility index (Phi) is 5.94. The predicted octanol–water partition coefficient (Wildman–Crippen LogP) is 4.94. The number of nitrogens with zero attached hydrogens (tertiary/aromatic N) is 2. The van der Waals surface area contributed by atoms with Crippen LogP contribution in [-0.4, -0.2) is 22.7 Å². The van der Waals surface area contributed by atoms with Crippen LogP contribution >= 0.6 is 11.3 Å². The molecular formula is C17H13F3N4O3S. The first-order valence-electron chi connectivity index (χ1n) is 7.79. The summed E-state index contributed by atoms with van der Waals surface area (Å²) in [5.74, 6) is -0.477. The fourth-order valence-corrected chi connectivity index (χ4v) is 2.87. The van der Waals surface area contributed by atoms with Crippen molar-refractivity contribution in [3.05, 3.63) is 53.4 Å². The molecule has 2 N–H and O–H groups in total. The minimum atomic E-state index is -2.94. The zero-order valence-corrected chi connectivity index (χ0v) is 15.1. The molecular weight excluding hydrogens is 397 g/mol. The topological polar surface area (TPSA) is 85.4 Å². The molecule has 7 nitrogen and oxygen atoms in total. The molecule has 0 bridgehead atoms. The van der Waals surface area contributed by atoms with Crippen LogP contribution in [0.3, 0.4) is 0 Å². The van der Waals surface area contributed by atoms with E-state index in [9.17, 15) is 18.0 Å². The number of ether oxygens (including phenoxy) is 2. The molecule has 28 heavy (non-hydrogen) atoms. The van der Waals surface area contributed by atoms with E-state index in [1.54, 1.807) is 13.0 Å². The Labute approximate surface area is 161 Å². The summed E-state index contributed by atoms with van der Waals surface area (Å²) in [6, 6.07) is 8.32. The van der Waals surface area contributed by atoms with E-state index in [0.29, 0.717) is 15.7 Å². The summed E-state index contributed by atoms with van der Waals surface area (Å²) in [5, 5.41) is 6.27. The molecule has 1 amide bonds. The highest BCUT2D eigenvalue weighted by molar-refractivity contribution is 7.16. The Morgan fingerprint density at radius 3 is 2.79 bits per heavy atom. The van der Waals surface area contributed by atoms with Crippen molar-refractivity contribution < 1.29 is 27.4 Å². The minimum Gasteiger partial charge on any atom is -0.435 e. The number of benzene rings is 1. The third kappa shape index (κ3) is 5.33. The van der Waals surface area contributed by atoms with Crippen LogP contribution in [0, 0.1) is 12.7 Å². The van der Waals surface area contributed by atoms with Crippen LogP contribution in [0.1, 0.15) is 5.01 Å². The normalized spacial score (nSPS) is 10.6. The number of thiazole rings is 1. The monoisotopic (exact) mass is 410 g/mol. The third-order valence-corrected chi connectivity index (χ3v) is 4.03. The molecule has 0 saturated carbocycles. The van der Waals surface area contributed by atoms with Crippen molar-refractivity contribution in [2.45, 2.75) is 13.5 Å². The molecule has 0 saturated heterocycles. The molecule has 0 aliphatic rings. The maximum atomic E-state index is 12.9. The molecule has 11 heteroatoms. The van der Waals surface area contributed by atoms with E-state index < -0.39 is 18.5 Å². The maximum Gasteiger partial charge on any atom is 0.419 e. The highest BCUT2D eigenvalue weighted by Gasteiger charge is 2.16. The van der Waals surface area contributed by atoms with Gasteiger partial charge in [-0.3, -0.25) is 5.32 Å². The van der Waals surface area contributed by atoms with Crippen LogP contribution in [0.25, 0.3) is 0 Å². The van der Waals surface area contributed by atoms with Crippen LogP contribution in [0.4, 0.5) is 34.5 Å². The molecule has 3 rings (SSSR count). The molecule has 0 unspecified atom stereocenters. The lowest BCUT2D eigenvalue weighted by atomic mass is 10.3. The van der Waals surface area contributed by atoms with Gasteiger partial charge in [0, 0.05) is 11.8 Å². The zero-order chi connectivity index (χ0) is 20.1. The van der Waals surface area contributed by atoms with Crippen LogP contribution in [0.2, 0.25) is 0 Å².